The molecular formula is C20H22Cl2F3NO2. The van der Waals surface area contributed by atoms with Gasteiger partial charge in [-0.2, -0.15) is 13.2 Å². The van der Waals surface area contributed by atoms with Crippen molar-refractivity contribution in [1.82, 2.24) is 4.90 Å². The minimum Gasteiger partial charge on any atom is -0.342 e. The summed E-state index contributed by atoms with van der Waals surface area (Å²) < 4.78 is 39.0. The molecule has 1 aliphatic heterocycles. The van der Waals surface area contributed by atoms with Crippen LogP contribution in [0, 0.1) is 17.8 Å². The van der Waals surface area contributed by atoms with Gasteiger partial charge < -0.3 is 4.90 Å². The number of nitrogens with zero attached hydrogens (tertiary/aromatic N) is 1. The minimum atomic E-state index is -4.24. The summed E-state index contributed by atoms with van der Waals surface area (Å²) in [5.74, 6) is -2.42. The quantitative estimate of drug-likeness (QED) is 0.563. The molecule has 0 bridgehead atoms. The third-order valence-electron chi connectivity index (χ3n) is 5.87. The predicted molar refractivity (Wildman–Crippen MR) is 102 cm³/mol. The molecule has 3 nitrogen and oxygen atoms in total. The van der Waals surface area contributed by atoms with Crippen molar-refractivity contribution in [3.63, 3.8) is 0 Å². The number of ketones is 1. The van der Waals surface area contributed by atoms with Gasteiger partial charge in [-0.1, -0.05) is 29.6 Å². The van der Waals surface area contributed by atoms with Crippen LogP contribution in [0.25, 0.3) is 0 Å². The molecule has 3 rings (SSSR count). The Morgan fingerprint density at radius 1 is 0.964 bits per heavy atom. The summed E-state index contributed by atoms with van der Waals surface area (Å²) in [6.45, 7) is 0.785. The Morgan fingerprint density at radius 2 is 1.64 bits per heavy atom. The van der Waals surface area contributed by atoms with Crippen LogP contribution >= 0.6 is 23.2 Å². The lowest BCUT2D eigenvalue weighted by atomic mass is 9.80. The third kappa shape index (κ3) is 4.82. The maximum absolute atomic E-state index is 13.0. The fraction of sp³-hybridized carbons (Fsp3) is 0.600. The van der Waals surface area contributed by atoms with Crippen LogP contribution in [-0.4, -0.2) is 35.9 Å². The Hall–Kier alpha value is -1.27. The zero-order valence-corrected chi connectivity index (χ0v) is 16.8. The zero-order valence-electron chi connectivity index (χ0n) is 15.3. The monoisotopic (exact) mass is 435 g/mol. The molecule has 1 heterocycles. The third-order valence-corrected chi connectivity index (χ3v) is 6.61. The van der Waals surface area contributed by atoms with Crippen LogP contribution in [-0.2, 0) is 4.79 Å². The highest BCUT2D eigenvalue weighted by molar-refractivity contribution is 6.42. The van der Waals surface area contributed by atoms with E-state index in [1.54, 1.807) is 23.1 Å². The van der Waals surface area contributed by atoms with Gasteiger partial charge in [-0.15, -0.1) is 0 Å². The number of amides is 1. The number of carbonyl (C=O) groups is 2. The van der Waals surface area contributed by atoms with Crippen molar-refractivity contribution in [3.05, 3.63) is 33.8 Å². The van der Waals surface area contributed by atoms with E-state index in [1.807, 2.05) is 0 Å². The van der Waals surface area contributed by atoms with E-state index in [4.69, 9.17) is 23.2 Å². The highest BCUT2D eigenvalue weighted by atomic mass is 35.5. The van der Waals surface area contributed by atoms with E-state index < -0.39 is 18.0 Å². The molecule has 1 aliphatic carbocycles. The van der Waals surface area contributed by atoms with Gasteiger partial charge in [0, 0.05) is 30.5 Å². The lowest BCUT2D eigenvalue weighted by Gasteiger charge is -2.36. The van der Waals surface area contributed by atoms with Crippen LogP contribution in [0.2, 0.25) is 10.0 Å². The second kappa shape index (κ2) is 8.62. The Labute approximate surface area is 172 Å². The van der Waals surface area contributed by atoms with Gasteiger partial charge >= 0.3 is 6.18 Å². The van der Waals surface area contributed by atoms with Crippen molar-refractivity contribution in [1.29, 1.82) is 0 Å². The first-order valence-corrected chi connectivity index (χ1v) is 10.3. The second-order valence-corrected chi connectivity index (χ2v) is 8.51. The SMILES string of the molecule is O=C(c1ccc(Cl)c(Cl)c1)C1CCN(C(=O)C2CCCC(C(F)(F)F)C2)CC1. The van der Waals surface area contributed by atoms with E-state index in [2.05, 4.69) is 0 Å². The molecule has 1 amide bonds. The summed E-state index contributed by atoms with van der Waals surface area (Å²) in [4.78, 5) is 27.0. The maximum Gasteiger partial charge on any atom is 0.391 e. The van der Waals surface area contributed by atoms with E-state index in [1.165, 1.54) is 0 Å². The molecule has 2 unspecified atom stereocenters. The van der Waals surface area contributed by atoms with Crippen molar-refractivity contribution >= 4 is 34.9 Å². The number of benzene rings is 1. The molecule has 8 heteroatoms. The Bertz CT molecular complexity index is 745. The zero-order chi connectivity index (χ0) is 20.5. The molecular weight excluding hydrogens is 414 g/mol. The average Bonchev–Trinajstić information content (AvgIpc) is 2.68. The van der Waals surface area contributed by atoms with Crippen LogP contribution < -0.4 is 0 Å². The van der Waals surface area contributed by atoms with Gasteiger partial charge in [-0.3, -0.25) is 9.59 Å². The number of alkyl halides is 3. The fourth-order valence-corrected chi connectivity index (χ4v) is 4.51. The minimum absolute atomic E-state index is 0.0412. The summed E-state index contributed by atoms with van der Waals surface area (Å²) in [6, 6.07) is 4.76. The van der Waals surface area contributed by atoms with Gasteiger partial charge in [0.1, 0.15) is 0 Å². The first-order valence-electron chi connectivity index (χ1n) is 9.51. The maximum atomic E-state index is 13.0. The van der Waals surface area contributed by atoms with E-state index >= 15 is 0 Å². The van der Waals surface area contributed by atoms with Crippen LogP contribution in [0.4, 0.5) is 13.2 Å². The van der Waals surface area contributed by atoms with E-state index in [9.17, 15) is 22.8 Å². The molecule has 1 saturated carbocycles. The fourth-order valence-electron chi connectivity index (χ4n) is 4.22. The number of carbonyl (C=O) groups excluding carboxylic acids is 2. The highest BCUT2D eigenvalue weighted by Gasteiger charge is 2.44. The molecule has 0 aromatic heterocycles. The van der Waals surface area contributed by atoms with Gasteiger partial charge in [0.25, 0.3) is 0 Å². The predicted octanol–water partition coefficient (Wildman–Crippen LogP) is 5.78. The molecule has 1 aromatic carbocycles. The van der Waals surface area contributed by atoms with Gasteiger partial charge in [0.05, 0.1) is 16.0 Å². The largest absolute Gasteiger partial charge is 0.391 e. The van der Waals surface area contributed by atoms with Gasteiger partial charge in [-0.25, -0.2) is 0 Å². The smallest absolute Gasteiger partial charge is 0.342 e. The Kier molecular flexibility index (Phi) is 6.60. The molecule has 1 saturated heterocycles. The van der Waals surface area contributed by atoms with Crippen LogP contribution in [0.3, 0.4) is 0 Å². The molecule has 154 valence electrons. The van der Waals surface area contributed by atoms with Gasteiger partial charge in [0.15, 0.2) is 5.78 Å². The summed E-state index contributed by atoms with van der Waals surface area (Å²) >= 11 is 11.9. The van der Waals surface area contributed by atoms with Crippen molar-refractivity contribution in [2.75, 3.05) is 13.1 Å². The summed E-state index contributed by atoms with van der Waals surface area (Å²) in [7, 11) is 0. The number of hydrogen-bond donors (Lipinski definition) is 0. The van der Waals surface area contributed by atoms with E-state index in [-0.39, 0.29) is 30.4 Å². The van der Waals surface area contributed by atoms with E-state index in [0.717, 1.165) is 0 Å². The molecule has 28 heavy (non-hydrogen) atoms. The normalized spacial score (nSPS) is 24.2. The van der Waals surface area contributed by atoms with Crippen LogP contribution in [0.1, 0.15) is 48.9 Å². The molecule has 2 aliphatic rings. The van der Waals surface area contributed by atoms with E-state index in [0.29, 0.717) is 54.4 Å². The molecule has 2 atom stereocenters. The van der Waals surface area contributed by atoms with Crippen molar-refractivity contribution in [2.45, 2.75) is 44.7 Å². The summed E-state index contributed by atoms with van der Waals surface area (Å²) in [5, 5.41) is 0.694. The topological polar surface area (TPSA) is 37.4 Å². The lowest BCUT2D eigenvalue weighted by molar-refractivity contribution is -0.187. The summed E-state index contributed by atoms with van der Waals surface area (Å²) in [5.41, 5.74) is 0.486. The van der Waals surface area contributed by atoms with Crippen LogP contribution in [0.15, 0.2) is 18.2 Å². The number of rotatable bonds is 3. The Balaban J connectivity index is 1.56. The molecule has 0 N–H and O–H groups in total. The number of halogens is 5. The second-order valence-electron chi connectivity index (χ2n) is 7.69. The van der Waals surface area contributed by atoms with Crippen molar-refractivity contribution in [2.24, 2.45) is 17.8 Å². The molecule has 0 spiro atoms. The number of hydrogen-bond acceptors (Lipinski definition) is 2. The first-order chi connectivity index (χ1) is 13.2. The van der Waals surface area contributed by atoms with Crippen LogP contribution in [0.5, 0.6) is 0 Å². The first kappa shape index (κ1) is 21.4. The number of piperidine rings is 1. The lowest BCUT2D eigenvalue weighted by Crippen LogP contribution is -2.45. The molecule has 0 radical (unpaired) electrons. The Morgan fingerprint density at radius 3 is 2.25 bits per heavy atom. The highest BCUT2D eigenvalue weighted by Crippen LogP contribution is 2.40. The number of likely N-dealkylation sites (tertiary alicyclic amines) is 1. The molecule has 2 fully saturated rings. The summed E-state index contributed by atoms with van der Waals surface area (Å²) in [6.07, 6.45) is -2.32. The average molecular weight is 436 g/mol. The van der Waals surface area contributed by atoms with Crippen molar-refractivity contribution < 1.29 is 22.8 Å². The molecule has 1 aromatic rings. The van der Waals surface area contributed by atoms with Crippen molar-refractivity contribution in [3.8, 4) is 0 Å². The van der Waals surface area contributed by atoms with Gasteiger partial charge in [-0.05, 0) is 50.3 Å². The van der Waals surface area contributed by atoms with Gasteiger partial charge in [0.2, 0.25) is 5.91 Å². The number of Topliss-reactive ketones (excluding diaryl/α,β-unsaturated/α-hetero) is 1. The standard InChI is InChI=1S/C20H22Cl2F3NO2/c21-16-5-4-13(11-17(16)22)18(27)12-6-8-26(9-7-12)19(28)14-2-1-3-15(10-14)20(23,24)25/h4-5,11-12,14-15H,1-3,6-10H2.